The molecule has 0 spiro atoms. The zero-order valence-electron chi connectivity index (χ0n) is 21.2. The number of hydrogen-bond acceptors (Lipinski definition) is 2. The Morgan fingerprint density at radius 2 is 1.77 bits per heavy atom. The monoisotopic (exact) mass is 426 g/mol. The van der Waals surface area contributed by atoms with Crippen LogP contribution in [0, 0.1) is 39.9 Å². The lowest BCUT2D eigenvalue weighted by atomic mass is 9.46. The highest BCUT2D eigenvalue weighted by Crippen LogP contribution is 2.66. The van der Waals surface area contributed by atoms with Crippen LogP contribution in [0.2, 0.25) is 0 Å². The standard InChI is InChI=1S/C29H46O2/c1-18(2)24(30)12-8-19(3)21-10-11-22-20-9-13-25-27(4,5)26(31)15-17-29(25,7)23(20)14-16-28(21,22)6/h11,18-19,21,25-26,31H,8-10,12-17H2,1-7H3/t19-,21-,25?,26+,28-,29-/m1/s1. The highest BCUT2D eigenvalue weighted by molar-refractivity contribution is 5.80. The topological polar surface area (TPSA) is 37.3 Å². The van der Waals surface area contributed by atoms with Crippen LogP contribution in [0.1, 0.15) is 106 Å². The van der Waals surface area contributed by atoms with E-state index >= 15 is 0 Å². The number of rotatable bonds is 5. The smallest absolute Gasteiger partial charge is 0.135 e. The molecule has 0 aliphatic heterocycles. The van der Waals surface area contributed by atoms with E-state index in [4.69, 9.17) is 0 Å². The van der Waals surface area contributed by atoms with Crippen molar-refractivity contribution in [1.82, 2.24) is 0 Å². The third kappa shape index (κ3) is 3.51. The van der Waals surface area contributed by atoms with Crippen molar-refractivity contribution in [2.45, 2.75) is 112 Å². The predicted octanol–water partition coefficient (Wildman–Crippen LogP) is 7.27. The first-order valence-corrected chi connectivity index (χ1v) is 13.1. The molecule has 4 aliphatic carbocycles. The lowest BCUT2D eigenvalue weighted by Gasteiger charge is -2.59. The number of ketones is 1. The van der Waals surface area contributed by atoms with Crippen LogP contribution in [0.3, 0.4) is 0 Å². The van der Waals surface area contributed by atoms with Gasteiger partial charge in [-0.15, -0.1) is 0 Å². The molecular weight excluding hydrogens is 380 g/mol. The molecule has 1 unspecified atom stereocenters. The Balaban J connectivity index is 1.58. The summed E-state index contributed by atoms with van der Waals surface area (Å²) in [4.78, 5) is 12.2. The van der Waals surface area contributed by atoms with Gasteiger partial charge in [0.1, 0.15) is 5.78 Å². The molecule has 6 atom stereocenters. The summed E-state index contributed by atoms with van der Waals surface area (Å²) in [5, 5.41) is 10.7. The first-order chi connectivity index (χ1) is 14.4. The highest BCUT2D eigenvalue weighted by atomic mass is 16.3. The average molecular weight is 427 g/mol. The van der Waals surface area contributed by atoms with Gasteiger partial charge in [0, 0.05) is 12.3 Å². The summed E-state index contributed by atoms with van der Waals surface area (Å²) < 4.78 is 0. The summed E-state index contributed by atoms with van der Waals surface area (Å²) in [6, 6.07) is 0. The van der Waals surface area contributed by atoms with Gasteiger partial charge in [-0.3, -0.25) is 4.79 Å². The Kier molecular flexibility index (Phi) is 5.90. The van der Waals surface area contributed by atoms with Crippen LogP contribution in [0.15, 0.2) is 22.8 Å². The van der Waals surface area contributed by atoms with Crippen LogP contribution >= 0.6 is 0 Å². The van der Waals surface area contributed by atoms with Gasteiger partial charge in [-0.25, -0.2) is 0 Å². The summed E-state index contributed by atoms with van der Waals surface area (Å²) in [6.07, 6.45) is 12.4. The molecule has 0 aromatic heterocycles. The molecule has 0 heterocycles. The van der Waals surface area contributed by atoms with Crippen LogP contribution in [0.5, 0.6) is 0 Å². The van der Waals surface area contributed by atoms with Gasteiger partial charge in [0.15, 0.2) is 0 Å². The van der Waals surface area contributed by atoms with Crippen molar-refractivity contribution in [3.63, 3.8) is 0 Å². The third-order valence-electron chi connectivity index (χ3n) is 10.6. The van der Waals surface area contributed by atoms with Gasteiger partial charge < -0.3 is 5.11 Å². The number of hydrogen-bond donors (Lipinski definition) is 1. The van der Waals surface area contributed by atoms with Gasteiger partial charge in [0.2, 0.25) is 0 Å². The first-order valence-electron chi connectivity index (χ1n) is 13.1. The molecule has 0 aromatic rings. The molecule has 4 rings (SSSR count). The molecule has 4 aliphatic rings. The largest absolute Gasteiger partial charge is 0.393 e. The molecule has 1 saturated carbocycles. The fourth-order valence-electron chi connectivity index (χ4n) is 8.44. The molecule has 0 aromatic carbocycles. The fraction of sp³-hybridized carbons (Fsp3) is 0.828. The molecule has 0 amide bonds. The summed E-state index contributed by atoms with van der Waals surface area (Å²) in [5.41, 5.74) is 5.67. The second-order valence-corrected chi connectivity index (χ2v) is 12.9. The number of aliphatic hydroxyl groups is 1. The van der Waals surface area contributed by atoms with Crippen LogP contribution < -0.4 is 0 Å². The van der Waals surface area contributed by atoms with Gasteiger partial charge in [-0.2, -0.15) is 0 Å². The van der Waals surface area contributed by atoms with E-state index in [0.717, 1.165) is 25.7 Å². The number of aliphatic hydroxyl groups excluding tert-OH is 1. The van der Waals surface area contributed by atoms with E-state index in [0.29, 0.717) is 23.5 Å². The minimum absolute atomic E-state index is 0.0103. The van der Waals surface area contributed by atoms with Crippen molar-refractivity contribution in [3.05, 3.63) is 22.8 Å². The molecule has 0 radical (unpaired) electrons. The maximum absolute atomic E-state index is 12.2. The predicted molar refractivity (Wildman–Crippen MR) is 129 cm³/mol. The van der Waals surface area contributed by atoms with Crippen LogP contribution in [0.4, 0.5) is 0 Å². The first kappa shape index (κ1) is 23.3. The van der Waals surface area contributed by atoms with Gasteiger partial charge >= 0.3 is 0 Å². The molecular formula is C29H46O2. The van der Waals surface area contributed by atoms with E-state index in [1.807, 2.05) is 13.8 Å². The van der Waals surface area contributed by atoms with Crippen LogP contribution in [-0.2, 0) is 4.79 Å². The van der Waals surface area contributed by atoms with Gasteiger partial charge in [-0.05, 0) is 96.5 Å². The van der Waals surface area contributed by atoms with Gasteiger partial charge in [-0.1, -0.05) is 60.1 Å². The minimum Gasteiger partial charge on any atom is -0.393 e. The maximum atomic E-state index is 12.2. The van der Waals surface area contributed by atoms with E-state index in [1.165, 1.54) is 32.1 Å². The van der Waals surface area contributed by atoms with Crippen LogP contribution in [-0.4, -0.2) is 17.0 Å². The molecule has 1 N–H and O–H groups in total. The van der Waals surface area contributed by atoms with E-state index < -0.39 is 0 Å². The Hall–Kier alpha value is -0.890. The lowest BCUT2D eigenvalue weighted by molar-refractivity contribution is -0.122. The van der Waals surface area contributed by atoms with E-state index in [2.05, 4.69) is 40.7 Å². The molecule has 0 bridgehead atoms. The number of allylic oxidation sites excluding steroid dienone is 4. The number of fused-ring (bicyclic) bond motifs is 4. The van der Waals surface area contributed by atoms with Crippen molar-refractivity contribution >= 4 is 5.78 Å². The number of Topliss-reactive ketones (excluding diaryl/α,β-unsaturated/α-hetero) is 1. The van der Waals surface area contributed by atoms with Crippen molar-refractivity contribution in [2.24, 2.45) is 39.9 Å². The summed E-state index contributed by atoms with van der Waals surface area (Å²) in [7, 11) is 0. The normalized spacial score (nSPS) is 40.2. The lowest BCUT2D eigenvalue weighted by Crippen LogP contribution is -2.53. The highest BCUT2D eigenvalue weighted by Gasteiger charge is 2.57. The zero-order chi connectivity index (χ0) is 22.8. The molecule has 31 heavy (non-hydrogen) atoms. The van der Waals surface area contributed by atoms with E-state index in [9.17, 15) is 9.90 Å². The Morgan fingerprint density at radius 1 is 1.06 bits per heavy atom. The number of carbonyl (C=O) groups excluding carboxylic acids is 1. The molecule has 2 nitrogen and oxygen atoms in total. The molecule has 174 valence electrons. The summed E-state index contributed by atoms with van der Waals surface area (Å²) >= 11 is 0. The molecule has 2 heteroatoms. The third-order valence-corrected chi connectivity index (χ3v) is 10.6. The second-order valence-electron chi connectivity index (χ2n) is 12.9. The zero-order valence-corrected chi connectivity index (χ0v) is 21.2. The Bertz CT molecular complexity index is 800. The van der Waals surface area contributed by atoms with E-state index in [1.54, 1.807) is 16.7 Å². The van der Waals surface area contributed by atoms with Gasteiger partial charge in [0.05, 0.1) is 6.10 Å². The van der Waals surface area contributed by atoms with Gasteiger partial charge in [0.25, 0.3) is 0 Å². The van der Waals surface area contributed by atoms with Crippen molar-refractivity contribution in [1.29, 1.82) is 0 Å². The van der Waals surface area contributed by atoms with Crippen LogP contribution in [0.25, 0.3) is 0 Å². The average Bonchev–Trinajstić information content (AvgIpc) is 3.06. The Labute approximate surface area is 191 Å². The second kappa shape index (κ2) is 7.86. The summed E-state index contributed by atoms with van der Waals surface area (Å²) in [6.45, 7) is 16.1. The fourth-order valence-corrected chi connectivity index (χ4v) is 8.44. The van der Waals surface area contributed by atoms with Crippen molar-refractivity contribution < 1.29 is 9.90 Å². The SMILES string of the molecule is CC(C)C(=O)CC[C@@H](C)[C@H]1CC=C2C3=C(CC[C@@]21C)[C@@]1(C)CC[C@H](O)C(C)(C)C1CC3. The minimum atomic E-state index is -0.161. The van der Waals surface area contributed by atoms with Crippen molar-refractivity contribution in [2.75, 3.05) is 0 Å². The maximum Gasteiger partial charge on any atom is 0.135 e. The van der Waals surface area contributed by atoms with Crippen molar-refractivity contribution in [3.8, 4) is 0 Å². The molecule has 1 fully saturated rings. The summed E-state index contributed by atoms with van der Waals surface area (Å²) in [5.74, 6) is 2.44. The van der Waals surface area contributed by atoms with E-state index in [-0.39, 0.29) is 28.3 Å². The molecule has 0 saturated heterocycles. The quantitative estimate of drug-likeness (QED) is 0.502. The number of carbonyl (C=O) groups is 1. The Morgan fingerprint density at radius 3 is 2.45 bits per heavy atom.